The fourth-order valence-electron chi connectivity index (χ4n) is 2.46. The van der Waals surface area contributed by atoms with Crippen molar-refractivity contribution in [1.82, 2.24) is 20.1 Å². The van der Waals surface area contributed by atoms with Crippen LogP contribution in [0.15, 0.2) is 30.6 Å². The number of nitrogens with one attached hydrogen (secondary N) is 1. The Balaban J connectivity index is 2.23. The van der Waals surface area contributed by atoms with Gasteiger partial charge in [-0.1, -0.05) is 13.8 Å². The first-order chi connectivity index (χ1) is 10.7. The Morgan fingerprint density at radius 2 is 1.78 bits per heavy atom. The summed E-state index contributed by atoms with van der Waals surface area (Å²) >= 11 is 0. The van der Waals surface area contributed by atoms with Crippen LogP contribution in [0.5, 0.6) is 0 Å². The molecule has 2 aromatic heterocycles. The number of carbonyl (C=O) groups is 1. The fraction of sp³-hybridized carbons (Fsp3) is 0.500. The van der Waals surface area contributed by atoms with Gasteiger partial charge in [-0.25, -0.2) is 0 Å². The van der Waals surface area contributed by atoms with Crippen molar-refractivity contribution in [3.63, 3.8) is 0 Å². The molecule has 0 aliphatic carbocycles. The zero-order valence-electron chi connectivity index (χ0n) is 14.8. The van der Waals surface area contributed by atoms with Crippen LogP contribution in [0.1, 0.15) is 75.2 Å². The molecule has 1 atom stereocenters. The lowest BCUT2D eigenvalue weighted by atomic mass is 10.1. The van der Waals surface area contributed by atoms with Gasteiger partial charge in [0.25, 0.3) is 5.91 Å². The summed E-state index contributed by atoms with van der Waals surface area (Å²) in [5.41, 5.74) is 2.39. The first-order valence-corrected chi connectivity index (χ1v) is 8.01. The molecule has 23 heavy (non-hydrogen) atoms. The average Bonchev–Trinajstić information content (AvgIpc) is 2.93. The van der Waals surface area contributed by atoms with Gasteiger partial charge in [0.15, 0.2) is 0 Å². The summed E-state index contributed by atoms with van der Waals surface area (Å²) in [5, 5.41) is 7.54. The molecule has 5 heteroatoms. The Morgan fingerprint density at radius 3 is 2.26 bits per heavy atom. The van der Waals surface area contributed by atoms with Crippen LogP contribution in [-0.4, -0.2) is 20.7 Å². The highest BCUT2D eigenvalue weighted by molar-refractivity contribution is 5.92. The number of rotatable bonds is 4. The Bertz CT molecular complexity index is 668. The Kier molecular flexibility index (Phi) is 4.88. The van der Waals surface area contributed by atoms with Crippen LogP contribution in [0, 0.1) is 0 Å². The van der Waals surface area contributed by atoms with Crippen LogP contribution >= 0.6 is 0 Å². The van der Waals surface area contributed by atoms with E-state index in [2.05, 4.69) is 50.0 Å². The average molecular weight is 314 g/mol. The summed E-state index contributed by atoms with van der Waals surface area (Å²) in [7, 11) is 0. The van der Waals surface area contributed by atoms with Crippen LogP contribution in [0.3, 0.4) is 0 Å². The molecule has 0 aromatic carbocycles. The van der Waals surface area contributed by atoms with Gasteiger partial charge in [-0.05, 0) is 57.4 Å². The van der Waals surface area contributed by atoms with E-state index in [4.69, 9.17) is 0 Å². The number of amides is 1. The third-order valence-electron chi connectivity index (χ3n) is 3.75. The van der Waals surface area contributed by atoms with Gasteiger partial charge in [0.2, 0.25) is 0 Å². The number of pyridine rings is 1. The molecular formula is C18H26N4O. The first kappa shape index (κ1) is 17.2. The molecule has 124 valence electrons. The van der Waals surface area contributed by atoms with E-state index in [-0.39, 0.29) is 17.5 Å². The predicted molar refractivity (Wildman–Crippen MR) is 91.4 cm³/mol. The van der Waals surface area contributed by atoms with Crippen LogP contribution < -0.4 is 5.32 Å². The topological polar surface area (TPSA) is 59.8 Å². The molecular weight excluding hydrogens is 288 g/mol. The summed E-state index contributed by atoms with van der Waals surface area (Å²) in [5.74, 6) is 0.153. The van der Waals surface area contributed by atoms with Gasteiger partial charge in [-0.3, -0.25) is 14.5 Å². The molecule has 0 saturated carbocycles. The van der Waals surface area contributed by atoms with Gasteiger partial charge < -0.3 is 5.32 Å². The van der Waals surface area contributed by atoms with Gasteiger partial charge in [0.1, 0.15) is 5.69 Å². The molecule has 5 nitrogen and oxygen atoms in total. The molecule has 0 radical (unpaired) electrons. The molecule has 0 spiro atoms. The van der Waals surface area contributed by atoms with Gasteiger partial charge in [0, 0.05) is 18.1 Å². The summed E-state index contributed by atoms with van der Waals surface area (Å²) in [6, 6.07) is 5.61. The maximum absolute atomic E-state index is 12.5. The number of hydrogen-bond donors (Lipinski definition) is 1. The van der Waals surface area contributed by atoms with Crippen molar-refractivity contribution in [2.24, 2.45) is 0 Å². The normalized spacial score (nSPS) is 13.2. The monoisotopic (exact) mass is 314 g/mol. The SMILES string of the molecule is CC(C)c1cc(C(=O)N[C@H](C)c2ccncc2)nn1C(C)(C)C. The lowest BCUT2D eigenvalue weighted by Crippen LogP contribution is -2.29. The van der Waals surface area contributed by atoms with Crippen LogP contribution in [0.2, 0.25) is 0 Å². The molecule has 1 amide bonds. The molecule has 0 bridgehead atoms. The highest BCUT2D eigenvalue weighted by Crippen LogP contribution is 2.23. The number of carbonyl (C=O) groups excluding carboxylic acids is 1. The predicted octanol–water partition coefficient (Wildman–Crippen LogP) is 3.65. The van der Waals surface area contributed by atoms with Crippen molar-refractivity contribution < 1.29 is 4.79 Å². The van der Waals surface area contributed by atoms with Gasteiger partial charge in [0.05, 0.1) is 11.6 Å². The number of nitrogens with zero attached hydrogens (tertiary/aromatic N) is 3. The van der Waals surface area contributed by atoms with E-state index in [9.17, 15) is 4.79 Å². The van der Waals surface area contributed by atoms with E-state index >= 15 is 0 Å². The number of aromatic nitrogens is 3. The maximum atomic E-state index is 12.5. The van der Waals surface area contributed by atoms with Crippen molar-refractivity contribution in [2.75, 3.05) is 0 Å². The molecule has 0 saturated heterocycles. The summed E-state index contributed by atoms with van der Waals surface area (Å²) < 4.78 is 1.95. The zero-order chi connectivity index (χ0) is 17.2. The fourth-order valence-corrected chi connectivity index (χ4v) is 2.46. The molecule has 1 N–H and O–H groups in total. The van der Waals surface area contributed by atoms with E-state index in [0.717, 1.165) is 11.3 Å². The second-order valence-electron chi connectivity index (χ2n) is 7.17. The van der Waals surface area contributed by atoms with Crippen molar-refractivity contribution in [1.29, 1.82) is 0 Å². The van der Waals surface area contributed by atoms with Crippen LogP contribution in [0.25, 0.3) is 0 Å². The molecule has 2 rings (SSSR count). The summed E-state index contributed by atoms with van der Waals surface area (Å²) in [6.45, 7) is 12.5. The quantitative estimate of drug-likeness (QED) is 0.937. The molecule has 0 aliphatic rings. The molecule has 2 aromatic rings. The minimum atomic E-state index is -0.158. The van der Waals surface area contributed by atoms with Crippen molar-refractivity contribution in [3.05, 3.63) is 47.5 Å². The Morgan fingerprint density at radius 1 is 1.17 bits per heavy atom. The van der Waals surface area contributed by atoms with Gasteiger partial charge in [-0.2, -0.15) is 5.10 Å². The highest BCUT2D eigenvalue weighted by Gasteiger charge is 2.24. The van der Waals surface area contributed by atoms with E-state index in [1.165, 1.54) is 0 Å². The largest absolute Gasteiger partial charge is 0.344 e. The summed E-state index contributed by atoms with van der Waals surface area (Å²) in [4.78, 5) is 16.5. The second-order valence-corrected chi connectivity index (χ2v) is 7.17. The van der Waals surface area contributed by atoms with Crippen molar-refractivity contribution in [2.45, 2.75) is 59.0 Å². The van der Waals surface area contributed by atoms with E-state index in [1.807, 2.05) is 29.8 Å². The molecule has 2 heterocycles. The lowest BCUT2D eigenvalue weighted by Gasteiger charge is -2.23. The lowest BCUT2D eigenvalue weighted by molar-refractivity contribution is 0.0933. The maximum Gasteiger partial charge on any atom is 0.272 e. The zero-order valence-corrected chi connectivity index (χ0v) is 14.8. The second kappa shape index (κ2) is 6.52. The van der Waals surface area contributed by atoms with E-state index < -0.39 is 0 Å². The third kappa shape index (κ3) is 3.97. The van der Waals surface area contributed by atoms with Crippen LogP contribution in [0.4, 0.5) is 0 Å². The standard InChI is InChI=1S/C18H26N4O/c1-12(2)16-11-15(21-22(16)18(4,5)6)17(23)20-13(3)14-7-9-19-10-8-14/h7-13H,1-6H3,(H,20,23)/t13-/m1/s1. The van der Waals surface area contributed by atoms with Crippen LogP contribution in [-0.2, 0) is 5.54 Å². The van der Waals surface area contributed by atoms with E-state index in [0.29, 0.717) is 11.6 Å². The Hall–Kier alpha value is -2.17. The summed E-state index contributed by atoms with van der Waals surface area (Å²) in [6.07, 6.45) is 3.45. The minimum Gasteiger partial charge on any atom is -0.344 e. The Labute approximate surface area is 138 Å². The number of hydrogen-bond acceptors (Lipinski definition) is 3. The smallest absolute Gasteiger partial charge is 0.272 e. The van der Waals surface area contributed by atoms with Gasteiger partial charge >= 0.3 is 0 Å². The van der Waals surface area contributed by atoms with Gasteiger partial charge in [-0.15, -0.1) is 0 Å². The molecule has 0 aliphatic heterocycles. The minimum absolute atomic E-state index is 0.0900. The molecule has 0 unspecified atom stereocenters. The highest BCUT2D eigenvalue weighted by atomic mass is 16.2. The molecule has 0 fully saturated rings. The first-order valence-electron chi connectivity index (χ1n) is 8.01. The van der Waals surface area contributed by atoms with Crippen molar-refractivity contribution in [3.8, 4) is 0 Å². The van der Waals surface area contributed by atoms with E-state index in [1.54, 1.807) is 12.4 Å². The van der Waals surface area contributed by atoms with Crippen molar-refractivity contribution >= 4 is 5.91 Å². The third-order valence-corrected chi connectivity index (χ3v) is 3.75.